The predicted molar refractivity (Wildman–Crippen MR) is 135 cm³/mol. The minimum atomic E-state index is 0.289. The molecular formula is C26H28ClN5O2. The number of hydrogen-bond acceptors (Lipinski definition) is 6. The number of ether oxygens (including phenoxy) is 2. The number of nitrogens with one attached hydrogen (secondary N) is 1. The molecule has 4 heterocycles. The minimum absolute atomic E-state index is 0.289. The summed E-state index contributed by atoms with van der Waals surface area (Å²) in [6.45, 7) is 4.17. The molecule has 0 spiro atoms. The first kappa shape index (κ1) is 22.5. The van der Waals surface area contributed by atoms with Gasteiger partial charge >= 0.3 is 0 Å². The summed E-state index contributed by atoms with van der Waals surface area (Å²) in [5.74, 6) is 1.24. The summed E-state index contributed by atoms with van der Waals surface area (Å²) in [5, 5.41) is 4.28. The summed E-state index contributed by atoms with van der Waals surface area (Å²) in [6.07, 6.45) is 8.83. The van der Waals surface area contributed by atoms with Gasteiger partial charge in [0.15, 0.2) is 0 Å². The summed E-state index contributed by atoms with van der Waals surface area (Å²) < 4.78 is 12.9. The number of benzene rings is 1. The van der Waals surface area contributed by atoms with E-state index < -0.39 is 0 Å². The Kier molecular flexibility index (Phi) is 6.30. The number of aromatic nitrogens is 3. The fourth-order valence-corrected chi connectivity index (χ4v) is 4.83. The predicted octanol–water partition coefficient (Wildman–Crippen LogP) is 5.00. The van der Waals surface area contributed by atoms with Gasteiger partial charge in [-0.05, 0) is 43.2 Å². The van der Waals surface area contributed by atoms with Crippen molar-refractivity contribution in [2.75, 3.05) is 32.2 Å². The summed E-state index contributed by atoms with van der Waals surface area (Å²) in [4.78, 5) is 11.4. The third-order valence-electron chi connectivity index (χ3n) is 6.44. The molecule has 0 radical (unpaired) electrons. The van der Waals surface area contributed by atoms with Gasteiger partial charge in [-0.2, -0.15) is 0 Å². The normalized spacial score (nSPS) is 16.7. The summed E-state index contributed by atoms with van der Waals surface area (Å²) in [7, 11) is 3.22. The molecule has 1 aromatic carbocycles. The maximum Gasteiger partial charge on any atom is 0.141 e. The van der Waals surface area contributed by atoms with Crippen molar-refractivity contribution in [3.8, 4) is 22.8 Å². The van der Waals surface area contributed by atoms with Crippen molar-refractivity contribution in [2.45, 2.75) is 25.4 Å². The van der Waals surface area contributed by atoms with Crippen LogP contribution in [-0.4, -0.2) is 47.7 Å². The molecule has 5 rings (SSSR count). The highest BCUT2D eigenvalue weighted by Crippen LogP contribution is 2.38. The lowest BCUT2D eigenvalue weighted by Gasteiger charge is -2.22. The van der Waals surface area contributed by atoms with Crippen LogP contribution >= 0.6 is 11.6 Å². The monoisotopic (exact) mass is 477 g/mol. The standard InChI is InChI=1S/C26H28ClN5O2/c1-17(18-4-8-28-9-5-18)29-19-6-10-31(15-19)20-7-11-32-16-23(30-26(32)12-20)21-13-22(27)25(34-3)14-24(21)33-2/h4-5,7-9,11-14,16-17,19,29H,6,10,15H2,1-3H3/t17?,19-/m0/s1. The van der Waals surface area contributed by atoms with Crippen LogP contribution in [0.3, 0.4) is 0 Å². The fourth-order valence-electron chi connectivity index (χ4n) is 4.59. The van der Waals surface area contributed by atoms with Gasteiger partial charge in [0.25, 0.3) is 0 Å². The van der Waals surface area contributed by atoms with Crippen molar-refractivity contribution in [3.63, 3.8) is 0 Å². The van der Waals surface area contributed by atoms with E-state index in [-0.39, 0.29) is 6.04 Å². The molecule has 7 nitrogen and oxygen atoms in total. The number of anilines is 1. The Balaban J connectivity index is 1.34. The second kappa shape index (κ2) is 9.52. The lowest BCUT2D eigenvalue weighted by Crippen LogP contribution is -2.34. The maximum atomic E-state index is 6.38. The first-order valence-electron chi connectivity index (χ1n) is 11.4. The molecular weight excluding hydrogens is 450 g/mol. The molecule has 176 valence electrons. The number of methoxy groups -OCH3 is 2. The van der Waals surface area contributed by atoms with E-state index in [1.54, 1.807) is 20.3 Å². The summed E-state index contributed by atoms with van der Waals surface area (Å²) in [5.41, 5.74) is 4.93. The highest BCUT2D eigenvalue weighted by molar-refractivity contribution is 6.32. The van der Waals surface area contributed by atoms with E-state index in [1.165, 1.54) is 11.3 Å². The zero-order chi connectivity index (χ0) is 23.7. The van der Waals surface area contributed by atoms with Gasteiger partial charge in [-0.3, -0.25) is 4.98 Å². The van der Waals surface area contributed by atoms with Crippen LogP contribution in [0.4, 0.5) is 5.69 Å². The average molecular weight is 478 g/mol. The van der Waals surface area contributed by atoms with Crippen LogP contribution in [0.5, 0.6) is 11.5 Å². The molecule has 0 aliphatic carbocycles. The Labute approximate surface area is 204 Å². The van der Waals surface area contributed by atoms with Gasteiger partial charge in [-0.25, -0.2) is 4.98 Å². The molecule has 1 aliphatic heterocycles. The Hall–Kier alpha value is -3.29. The lowest BCUT2D eigenvalue weighted by molar-refractivity contribution is 0.395. The van der Waals surface area contributed by atoms with Crippen LogP contribution in [0.15, 0.2) is 61.2 Å². The second-order valence-electron chi connectivity index (χ2n) is 8.56. The Bertz CT molecular complexity index is 1290. The number of fused-ring (bicyclic) bond motifs is 1. The van der Waals surface area contributed by atoms with Crippen molar-refractivity contribution in [2.24, 2.45) is 0 Å². The number of rotatable bonds is 7. The first-order chi connectivity index (χ1) is 16.6. The van der Waals surface area contributed by atoms with E-state index in [4.69, 9.17) is 26.1 Å². The van der Waals surface area contributed by atoms with Crippen LogP contribution < -0.4 is 19.7 Å². The molecule has 2 atom stereocenters. The second-order valence-corrected chi connectivity index (χ2v) is 8.97. The summed E-state index contributed by atoms with van der Waals surface area (Å²) >= 11 is 6.38. The van der Waals surface area contributed by atoms with Crippen molar-refractivity contribution in [3.05, 3.63) is 71.8 Å². The van der Waals surface area contributed by atoms with Crippen molar-refractivity contribution >= 4 is 22.9 Å². The SMILES string of the molecule is COc1cc(OC)c(-c2cn3ccc(N4CC[C@H](NC(C)c5ccncc5)C4)cc3n2)cc1Cl. The van der Waals surface area contributed by atoms with Crippen LogP contribution in [-0.2, 0) is 0 Å². The molecule has 0 saturated carbocycles. The number of pyridine rings is 2. The topological polar surface area (TPSA) is 63.9 Å². The smallest absolute Gasteiger partial charge is 0.141 e. The molecule has 3 aromatic heterocycles. The zero-order valence-corrected chi connectivity index (χ0v) is 20.3. The molecule has 0 amide bonds. The molecule has 1 saturated heterocycles. The van der Waals surface area contributed by atoms with E-state index in [0.29, 0.717) is 22.6 Å². The van der Waals surface area contributed by atoms with Crippen LogP contribution in [0.25, 0.3) is 16.9 Å². The van der Waals surface area contributed by atoms with Gasteiger partial charge < -0.3 is 24.1 Å². The lowest BCUT2D eigenvalue weighted by atomic mass is 10.1. The van der Waals surface area contributed by atoms with Gasteiger partial charge in [-0.15, -0.1) is 0 Å². The molecule has 1 fully saturated rings. The molecule has 0 bridgehead atoms. The molecule has 34 heavy (non-hydrogen) atoms. The van der Waals surface area contributed by atoms with Gasteiger partial charge in [0, 0.05) is 73.3 Å². The van der Waals surface area contributed by atoms with Crippen molar-refractivity contribution in [1.29, 1.82) is 0 Å². The highest BCUT2D eigenvalue weighted by Gasteiger charge is 2.24. The van der Waals surface area contributed by atoms with Crippen molar-refractivity contribution < 1.29 is 9.47 Å². The number of halogens is 1. The molecule has 1 aliphatic rings. The Morgan fingerprint density at radius 2 is 1.88 bits per heavy atom. The van der Waals surface area contributed by atoms with E-state index in [0.717, 1.165) is 36.4 Å². The van der Waals surface area contributed by atoms with E-state index >= 15 is 0 Å². The number of imidazole rings is 1. The van der Waals surface area contributed by atoms with Crippen LogP contribution in [0, 0.1) is 0 Å². The van der Waals surface area contributed by atoms with Crippen molar-refractivity contribution in [1.82, 2.24) is 19.7 Å². The first-order valence-corrected chi connectivity index (χ1v) is 11.7. The maximum absolute atomic E-state index is 6.38. The molecule has 8 heteroatoms. The zero-order valence-electron chi connectivity index (χ0n) is 19.5. The molecule has 4 aromatic rings. The minimum Gasteiger partial charge on any atom is -0.496 e. The quantitative estimate of drug-likeness (QED) is 0.404. The van der Waals surface area contributed by atoms with E-state index in [1.807, 2.05) is 29.1 Å². The third kappa shape index (κ3) is 4.41. The van der Waals surface area contributed by atoms with E-state index in [2.05, 4.69) is 52.6 Å². The summed E-state index contributed by atoms with van der Waals surface area (Å²) in [6, 6.07) is 12.8. The fraction of sp³-hybridized carbons (Fsp3) is 0.308. The van der Waals surface area contributed by atoms with Gasteiger partial charge in [0.1, 0.15) is 17.1 Å². The average Bonchev–Trinajstić information content (AvgIpc) is 3.51. The molecule has 1 N–H and O–H groups in total. The Morgan fingerprint density at radius 1 is 1.09 bits per heavy atom. The largest absolute Gasteiger partial charge is 0.496 e. The highest BCUT2D eigenvalue weighted by atomic mass is 35.5. The Morgan fingerprint density at radius 3 is 2.65 bits per heavy atom. The molecule has 1 unspecified atom stereocenters. The third-order valence-corrected chi connectivity index (χ3v) is 6.73. The van der Waals surface area contributed by atoms with Crippen LogP contribution in [0.1, 0.15) is 24.9 Å². The van der Waals surface area contributed by atoms with Gasteiger partial charge in [-0.1, -0.05) is 11.6 Å². The van der Waals surface area contributed by atoms with Crippen LogP contribution in [0.2, 0.25) is 5.02 Å². The van der Waals surface area contributed by atoms with Gasteiger partial charge in [0.2, 0.25) is 0 Å². The van der Waals surface area contributed by atoms with Gasteiger partial charge in [0.05, 0.1) is 24.9 Å². The number of nitrogens with zero attached hydrogens (tertiary/aromatic N) is 4. The number of hydrogen-bond donors (Lipinski definition) is 1. The van der Waals surface area contributed by atoms with E-state index in [9.17, 15) is 0 Å².